The fourth-order valence-electron chi connectivity index (χ4n) is 6.19. The van der Waals surface area contributed by atoms with Gasteiger partial charge < -0.3 is 30.3 Å². The minimum atomic E-state index is -0.556. The topological polar surface area (TPSA) is 229 Å². The summed E-state index contributed by atoms with van der Waals surface area (Å²) >= 11 is 0. The van der Waals surface area contributed by atoms with Gasteiger partial charge in [-0.25, -0.2) is 34.3 Å². The van der Waals surface area contributed by atoms with Gasteiger partial charge in [0.15, 0.2) is 23.0 Å². The third-order valence-electron chi connectivity index (χ3n) is 8.75. The van der Waals surface area contributed by atoms with E-state index >= 15 is 0 Å². The second-order valence-electron chi connectivity index (χ2n) is 12.0. The Bertz CT molecular complexity index is 2060. The van der Waals surface area contributed by atoms with Crippen molar-refractivity contribution < 1.29 is 23.9 Å². The van der Waals surface area contributed by atoms with E-state index in [0.717, 1.165) is 49.7 Å². The van der Waals surface area contributed by atoms with Gasteiger partial charge in [-0.2, -0.15) is 10.5 Å². The van der Waals surface area contributed by atoms with Crippen molar-refractivity contribution in [1.82, 2.24) is 19.9 Å². The number of fused-ring (bicyclic) bond motifs is 8. The number of hydrogen-bond donors (Lipinski definition) is 3. The Morgan fingerprint density at radius 1 is 0.827 bits per heavy atom. The lowest BCUT2D eigenvalue weighted by Crippen LogP contribution is -2.48. The Kier molecular flexibility index (Phi) is 10.2. The van der Waals surface area contributed by atoms with Gasteiger partial charge in [-0.1, -0.05) is 0 Å². The van der Waals surface area contributed by atoms with Gasteiger partial charge in [0.2, 0.25) is 0 Å². The van der Waals surface area contributed by atoms with E-state index in [9.17, 15) is 14.4 Å². The lowest BCUT2D eigenvalue weighted by Gasteiger charge is -2.35. The molecular formula is C35H34N12O5. The lowest BCUT2D eigenvalue weighted by molar-refractivity contribution is 0.0585. The summed E-state index contributed by atoms with van der Waals surface area (Å²) in [5.74, 6) is 1.06. The van der Waals surface area contributed by atoms with Gasteiger partial charge in [0.05, 0.1) is 42.8 Å². The number of urea groups is 1. The van der Waals surface area contributed by atoms with Crippen LogP contribution in [0.1, 0.15) is 44.9 Å². The van der Waals surface area contributed by atoms with Crippen molar-refractivity contribution in [3.8, 4) is 12.1 Å². The van der Waals surface area contributed by atoms with Crippen LogP contribution in [0, 0.1) is 22.7 Å². The Morgan fingerprint density at radius 3 is 2.10 bits per heavy atom. The number of nitrogens with two attached hydrogens (primary N) is 1. The zero-order valence-electron chi connectivity index (χ0n) is 28.3. The molecule has 0 unspecified atom stereocenters. The van der Waals surface area contributed by atoms with Crippen LogP contribution in [0.15, 0.2) is 60.9 Å². The second-order valence-corrected chi connectivity index (χ2v) is 12.0. The molecule has 17 heteroatoms. The predicted molar refractivity (Wildman–Crippen MR) is 190 cm³/mol. The number of ether oxygens (including phenoxy) is 2. The van der Waals surface area contributed by atoms with Crippen LogP contribution in [-0.2, 0) is 9.47 Å². The number of methoxy groups -OCH3 is 2. The van der Waals surface area contributed by atoms with Crippen LogP contribution in [0.3, 0.4) is 0 Å². The molecule has 4 N–H and O–H groups in total. The molecule has 264 valence electrons. The lowest BCUT2D eigenvalue weighted by atomic mass is 10.2. The molecule has 2 atom stereocenters. The summed E-state index contributed by atoms with van der Waals surface area (Å²) in [5.41, 5.74) is 8.60. The molecule has 4 aliphatic rings. The van der Waals surface area contributed by atoms with E-state index in [1.807, 2.05) is 18.2 Å². The van der Waals surface area contributed by atoms with E-state index in [-0.39, 0.29) is 17.8 Å². The molecule has 2 fully saturated rings. The molecule has 17 nitrogen and oxygen atoms in total. The van der Waals surface area contributed by atoms with Gasteiger partial charge >= 0.3 is 18.0 Å². The molecule has 8 heterocycles. The number of nitrogens with zero attached hydrogens (tertiary/aromatic N) is 9. The Labute approximate surface area is 298 Å². The van der Waals surface area contributed by atoms with Gasteiger partial charge in [-0.05, 0) is 61.4 Å². The van der Waals surface area contributed by atoms with Crippen molar-refractivity contribution in [2.24, 2.45) is 0 Å². The minimum absolute atomic E-state index is 0.0451. The highest BCUT2D eigenvalue weighted by Gasteiger charge is 2.40. The predicted octanol–water partition coefficient (Wildman–Crippen LogP) is 3.17. The zero-order chi connectivity index (χ0) is 36.8. The summed E-state index contributed by atoms with van der Waals surface area (Å²) in [6.45, 7) is 3.62. The zero-order valence-corrected chi connectivity index (χ0v) is 28.3. The van der Waals surface area contributed by atoms with E-state index < -0.39 is 11.9 Å². The molecule has 0 aromatic carbocycles. The number of amides is 2. The number of rotatable bonds is 3. The molecule has 52 heavy (non-hydrogen) atoms. The van der Waals surface area contributed by atoms with Gasteiger partial charge in [0, 0.05) is 44.6 Å². The molecule has 8 rings (SSSR count). The highest BCUT2D eigenvalue weighted by molar-refractivity contribution is 6.04. The molecule has 4 aliphatic heterocycles. The summed E-state index contributed by atoms with van der Waals surface area (Å²) in [6.07, 6.45) is 4.77. The number of carbonyl (C=O) groups is 3. The number of hydrogen-bond acceptors (Lipinski definition) is 15. The largest absolute Gasteiger partial charge is 0.464 e. The van der Waals surface area contributed by atoms with E-state index in [0.29, 0.717) is 46.9 Å². The Morgan fingerprint density at radius 2 is 1.46 bits per heavy atom. The van der Waals surface area contributed by atoms with Crippen molar-refractivity contribution in [1.29, 1.82) is 10.5 Å². The second kappa shape index (κ2) is 15.3. The number of nitrogens with one attached hydrogen (secondary N) is 2. The van der Waals surface area contributed by atoms with Crippen LogP contribution < -0.4 is 31.1 Å². The average molecular weight is 703 g/mol. The molecule has 0 radical (unpaired) electrons. The third kappa shape index (κ3) is 7.43. The molecule has 0 aliphatic carbocycles. The van der Waals surface area contributed by atoms with Crippen LogP contribution in [0.25, 0.3) is 0 Å². The molecule has 0 saturated carbocycles. The maximum atomic E-state index is 13.0. The number of nitrogen functional groups attached to an aromatic ring is 1. The summed E-state index contributed by atoms with van der Waals surface area (Å²) in [5, 5.41) is 23.2. The van der Waals surface area contributed by atoms with E-state index in [2.05, 4.69) is 45.1 Å². The number of carbonyl (C=O) groups excluding carboxylic acids is 3. The van der Waals surface area contributed by atoms with Crippen LogP contribution in [0.2, 0.25) is 0 Å². The highest BCUT2D eigenvalue weighted by atomic mass is 16.5. The molecule has 2 saturated heterocycles. The number of anilines is 6. The smallest absolute Gasteiger partial charge is 0.356 e. The van der Waals surface area contributed by atoms with Crippen LogP contribution in [-0.4, -0.2) is 90.4 Å². The first kappa shape index (κ1) is 34.8. The average Bonchev–Trinajstić information content (AvgIpc) is 3.78. The van der Waals surface area contributed by atoms with E-state index in [4.69, 9.17) is 21.0 Å². The molecule has 4 aromatic rings. The normalized spacial score (nSPS) is 16.9. The van der Waals surface area contributed by atoms with Crippen molar-refractivity contribution >= 4 is 52.6 Å². The van der Waals surface area contributed by atoms with Gasteiger partial charge in [0.1, 0.15) is 23.8 Å². The van der Waals surface area contributed by atoms with Crippen molar-refractivity contribution in [3.63, 3.8) is 0 Å². The van der Waals surface area contributed by atoms with Crippen molar-refractivity contribution in [3.05, 3.63) is 83.4 Å². The molecular weight excluding hydrogens is 668 g/mol. The van der Waals surface area contributed by atoms with Gasteiger partial charge in [-0.15, -0.1) is 0 Å². The number of aromatic nitrogens is 4. The Balaban J connectivity index is 0.000000155. The number of pyridine rings is 4. The Hall–Kier alpha value is -7.01. The summed E-state index contributed by atoms with van der Waals surface area (Å²) in [4.78, 5) is 58.6. The standard InChI is InChI=1S/C18H16N6O3.C11H13N3O2.C6H5N3/c1-27-17(25)13-3-4-14-16(21-13)24(12-6-7-23(14)10-12)18(26)22-15-5-2-11(8-19)9-20-15;1-16-11(15)8-2-3-9-10(13-8)12-7-4-5-14(9)6-7;7-3-5-1-2-6(8)9-4-5/h2-5,9,12H,6-7,10H2,1H3,(H,20,22,26);2-3,7H,4-6H2,1H3,(H,12,13);1-2,4H,(H2,8,9)/t12-;7-;/m00./s1. The molecule has 2 amide bonds. The van der Waals surface area contributed by atoms with Crippen LogP contribution in [0.4, 0.5) is 39.4 Å². The van der Waals surface area contributed by atoms with E-state index in [1.165, 1.54) is 26.6 Å². The monoisotopic (exact) mass is 702 g/mol. The molecule has 0 spiro atoms. The summed E-state index contributed by atoms with van der Waals surface area (Å²) in [6, 6.07) is 17.4. The molecule has 4 aromatic heterocycles. The van der Waals surface area contributed by atoms with E-state index in [1.54, 1.807) is 47.4 Å². The van der Waals surface area contributed by atoms with Crippen molar-refractivity contribution in [2.75, 3.05) is 71.5 Å². The first-order chi connectivity index (χ1) is 25.2. The SMILES string of the molecule is COC(=O)c1ccc2c(n1)N(C(=O)Nc1ccc(C#N)cn1)[C@H]1CCN2C1.COC(=O)c1ccc2c(n1)N[C@H]1CCN2C1.N#Cc1ccc(N)nc1. The van der Waals surface area contributed by atoms with Gasteiger partial charge in [-0.3, -0.25) is 10.2 Å². The first-order valence-corrected chi connectivity index (χ1v) is 16.2. The summed E-state index contributed by atoms with van der Waals surface area (Å²) < 4.78 is 9.39. The quantitative estimate of drug-likeness (QED) is 0.260. The fourth-order valence-corrected chi connectivity index (χ4v) is 6.19. The van der Waals surface area contributed by atoms with Crippen LogP contribution in [0.5, 0.6) is 0 Å². The third-order valence-corrected chi connectivity index (χ3v) is 8.75. The molecule has 4 bridgehead atoms. The maximum Gasteiger partial charge on any atom is 0.356 e. The highest BCUT2D eigenvalue weighted by Crippen LogP contribution is 2.39. The van der Waals surface area contributed by atoms with Crippen molar-refractivity contribution in [2.45, 2.75) is 24.9 Å². The minimum Gasteiger partial charge on any atom is -0.464 e. The maximum absolute atomic E-state index is 13.0. The van der Waals surface area contributed by atoms with Crippen LogP contribution >= 0.6 is 0 Å². The first-order valence-electron chi connectivity index (χ1n) is 16.2. The summed E-state index contributed by atoms with van der Waals surface area (Å²) in [7, 11) is 2.65. The number of nitriles is 2. The van der Waals surface area contributed by atoms with Gasteiger partial charge in [0.25, 0.3) is 0 Å². The number of esters is 2. The fraction of sp³-hybridized carbons (Fsp3) is 0.286.